The van der Waals surface area contributed by atoms with Crippen LogP contribution in [0.15, 0.2) is 53.5 Å². The Bertz CT molecular complexity index is 614. The molecule has 0 fully saturated rings. The Labute approximate surface area is 123 Å². The van der Waals surface area contributed by atoms with E-state index in [2.05, 4.69) is 28.9 Å². The van der Waals surface area contributed by atoms with E-state index in [-0.39, 0.29) is 5.78 Å². The Hall–Kier alpha value is -1.87. The average molecular weight is 283 g/mol. The van der Waals surface area contributed by atoms with Crippen molar-refractivity contribution in [3.8, 4) is 0 Å². The minimum atomic E-state index is 0.242. The molecule has 0 aliphatic heterocycles. The number of Topliss-reactive ketones (excluding diaryl/α,β-unsaturated/α-hetero) is 1. The van der Waals surface area contributed by atoms with Gasteiger partial charge in [0.25, 0.3) is 0 Å². The molecule has 1 aliphatic rings. The van der Waals surface area contributed by atoms with Crippen molar-refractivity contribution in [1.82, 2.24) is 5.32 Å². The maximum atomic E-state index is 12.2. The second kappa shape index (κ2) is 6.06. The van der Waals surface area contributed by atoms with Crippen molar-refractivity contribution < 1.29 is 4.79 Å². The molecule has 1 aromatic carbocycles. The molecule has 0 amide bonds. The van der Waals surface area contributed by atoms with Crippen LogP contribution in [0.4, 0.5) is 0 Å². The highest BCUT2D eigenvalue weighted by molar-refractivity contribution is 7.09. The van der Waals surface area contributed by atoms with E-state index in [1.54, 1.807) is 11.3 Å². The van der Waals surface area contributed by atoms with Crippen molar-refractivity contribution >= 4 is 22.7 Å². The fraction of sp³-hybridized carbons (Fsp3) is 0.235. The molecule has 0 radical (unpaired) electrons. The van der Waals surface area contributed by atoms with Gasteiger partial charge < -0.3 is 5.32 Å². The Kier molecular flexibility index (Phi) is 3.97. The van der Waals surface area contributed by atoms with E-state index in [0.29, 0.717) is 6.42 Å². The van der Waals surface area contributed by atoms with E-state index >= 15 is 0 Å². The number of ketones is 1. The number of allylic oxidation sites excluding steroid dienone is 2. The first-order valence-corrected chi connectivity index (χ1v) is 7.80. The van der Waals surface area contributed by atoms with Gasteiger partial charge in [0, 0.05) is 17.8 Å². The van der Waals surface area contributed by atoms with Crippen molar-refractivity contribution in [3.05, 3.63) is 64.0 Å². The molecule has 1 aliphatic carbocycles. The van der Waals surface area contributed by atoms with Crippen LogP contribution < -0.4 is 5.32 Å². The summed E-state index contributed by atoms with van der Waals surface area (Å²) >= 11 is 1.71. The molecule has 1 aromatic heterocycles. The van der Waals surface area contributed by atoms with Gasteiger partial charge in [-0.2, -0.15) is 0 Å². The van der Waals surface area contributed by atoms with Crippen LogP contribution in [0.5, 0.6) is 0 Å². The minimum absolute atomic E-state index is 0.242. The van der Waals surface area contributed by atoms with Gasteiger partial charge in [-0.3, -0.25) is 4.79 Å². The molecule has 0 bridgehead atoms. The number of benzene rings is 1. The summed E-state index contributed by atoms with van der Waals surface area (Å²) in [5.74, 6) is 0.242. The molecule has 3 heteroatoms. The van der Waals surface area contributed by atoms with E-state index < -0.39 is 0 Å². The van der Waals surface area contributed by atoms with Gasteiger partial charge in [0.2, 0.25) is 0 Å². The smallest absolute Gasteiger partial charge is 0.178 e. The highest BCUT2D eigenvalue weighted by Crippen LogP contribution is 2.29. The topological polar surface area (TPSA) is 29.1 Å². The lowest BCUT2D eigenvalue weighted by atomic mass is 9.90. The summed E-state index contributed by atoms with van der Waals surface area (Å²) in [5, 5.41) is 5.42. The van der Waals surface area contributed by atoms with Crippen LogP contribution in [-0.2, 0) is 11.3 Å². The molecule has 0 unspecified atom stereocenters. The second-order valence-corrected chi connectivity index (χ2v) is 5.96. The predicted molar refractivity (Wildman–Crippen MR) is 83.4 cm³/mol. The largest absolute Gasteiger partial charge is 0.377 e. The van der Waals surface area contributed by atoms with Gasteiger partial charge in [-0.05, 0) is 35.4 Å². The van der Waals surface area contributed by atoms with Crippen LogP contribution in [0.25, 0.3) is 5.57 Å². The first-order valence-electron chi connectivity index (χ1n) is 6.92. The molecule has 2 aromatic rings. The molecular formula is C17H17NOS. The minimum Gasteiger partial charge on any atom is -0.377 e. The Morgan fingerprint density at radius 3 is 2.65 bits per heavy atom. The van der Waals surface area contributed by atoms with Gasteiger partial charge in [-0.25, -0.2) is 0 Å². The maximum absolute atomic E-state index is 12.2. The third-order valence-corrected chi connectivity index (χ3v) is 4.43. The summed E-state index contributed by atoms with van der Waals surface area (Å²) in [6.07, 6.45) is 2.58. The lowest BCUT2D eigenvalue weighted by Crippen LogP contribution is -2.24. The molecule has 3 rings (SSSR count). The maximum Gasteiger partial charge on any atom is 0.178 e. The van der Waals surface area contributed by atoms with Crippen LogP contribution in [0.2, 0.25) is 0 Å². The van der Waals surface area contributed by atoms with Crippen LogP contribution in [0.3, 0.4) is 0 Å². The second-order valence-electron chi connectivity index (χ2n) is 4.93. The molecule has 0 saturated carbocycles. The third-order valence-electron chi connectivity index (χ3n) is 3.55. The van der Waals surface area contributed by atoms with Gasteiger partial charge in [0.05, 0.1) is 5.70 Å². The van der Waals surface area contributed by atoms with Gasteiger partial charge in [0.1, 0.15) is 0 Å². The number of thiophene rings is 1. The molecule has 2 nitrogen and oxygen atoms in total. The molecule has 20 heavy (non-hydrogen) atoms. The van der Waals surface area contributed by atoms with E-state index in [0.717, 1.165) is 30.6 Å². The molecule has 1 heterocycles. The zero-order chi connectivity index (χ0) is 13.8. The van der Waals surface area contributed by atoms with Crippen molar-refractivity contribution in [2.24, 2.45) is 0 Å². The van der Waals surface area contributed by atoms with Gasteiger partial charge in [-0.15, -0.1) is 11.3 Å². The Balaban J connectivity index is 1.88. The quantitative estimate of drug-likeness (QED) is 0.919. The summed E-state index contributed by atoms with van der Waals surface area (Å²) in [6.45, 7) is 0.731. The van der Waals surface area contributed by atoms with E-state index in [1.807, 2.05) is 24.3 Å². The average Bonchev–Trinajstić information content (AvgIpc) is 3.00. The van der Waals surface area contributed by atoms with Gasteiger partial charge >= 0.3 is 0 Å². The van der Waals surface area contributed by atoms with Crippen molar-refractivity contribution in [1.29, 1.82) is 0 Å². The van der Waals surface area contributed by atoms with Crippen LogP contribution in [0, 0.1) is 0 Å². The van der Waals surface area contributed by atoms with Crippen LogP contribution >= 0.6 is 11.3 Å². The summed E-state index contributed by atoms with van der Waals surface area (Å²) < 4.78 is 0. The first kappa shape index (κ1) is 13.1. The standard InChI is InChI=1S/C17H17NOS/c19-16-10-4-9-15(13-6-2-1-3-7-13)17(16)18-12-14-8-5-11-20-14/h1-3,5-8,11,18H,4,9-10,12H2. The first-order chi connectivity index (χ1) is 9.84. The zero-order valence-electron chi connectivity index (χ0n) is 11.3. The van der Waals surface area contributed by atoms with E-state index in [1.165, 1.54) is 10.5 Å². The third kappa shape index (κ3) is 2.83. The van der Waals surface area contributed by atoms with Crippen LogP contribution in [0.1, 0.15) is 29.7 Å². The highest BCUT2D eigenvalue weighted by atomic mass is 32.1. The van der Waals surface area contributed by atoms with Gasteiger partial charge in [-0.1, -0.05) is 36.4 Å². The SMILES string of the molecule is O=C1CCCC(c2ccccc2)=C1NCc1cccs1. The molecular weight excluding hydrogens is 266 g/mol. The monoisotopic (exact) mass is 283 g/mol. The number of carbonyl (C=O) groups is 1. The summed E-state index contributed by atoms with van der Waals surface area (Å²) in [4.78, 5) is 13.5. The van der Waals surface area contributed by atoms with Crippen molar-refractivity contribution in [3.63, 3.8) is 0 Å². The molecule has 0 atom stereocenters. The molecule has 102 valence electrons. The van der Waals surface area contributed by atoms with Crippen molar-refractivity contribution in [2.45, 2.75) is 25.8 Å². The highest BCUT2D eigenvalue weighted by Gasteiger charge is 2.21. The van der Waals surface area contributed by atoms with Crippen molar-refractivity contribution in [2.75, 3.05) is 0 Å². The van der Waals surface area contributed by atoms with E-state index in [4.69, 9.17) is 0 Å². The fourth-order valence-corrected chi connectivity index (χ4v) is 3.21. The number of carbonyl (C=O) groups excluding carboxylic acids is 1. The number of rotatable bonds is 4. The van der Waals surface area contributed by atoms with E-state index in [9.17, 15) is 4.79 Å². The number of hydrogen-bond donors (Lipinski definition) is 1. The van der Waals surface area contributed by atoms with Gasteiger partial charge in [0.15, 0.2) is 5.78 Å². The molecule has 1 N–H and O–H groups in total. The normalized spacial score (nSPS) is 15.5. The predicted octanol–water partition coefficient (Wildman–Crippen LogP) is 4.00. The zero-order valence-corrected chi connectivity index (χ0v) is 12.1. The lowest BCUT2D eigenvalue weighted by molar-refractivity contribution is -0.116. The molecule has 0 spiro atoms. The fourth-order valence-electron chi connectivity index (χ4n) is 2.57. The number of hydrogen-bond acceptors (Lipinski definition) is 3. The Morgan fingerprint density at radius 2 is 1.90 bits per heavy atom. The number of nitrogens with one attached hydrogen (secondary N) is 1. The summed E-state index contributed by atoms with van der Waals surface area (Å²) in [6, 6.07) is 14.4. The summed E-state index contributed by atoms with van der Waals surface area (Å²) in [7, 11) is 0. The van der Waals surface area contributed by atoms with Crippen LogP contribution in [-0.4, -0.2) is 5.78 Å². The summed E-state index contributed by atoms with van der Waals surface area (Å²) in [5.41, 5.74) is 3.14. The molecule has 0 saturated heterocycles. The Morgan fingerprint density at radius 1 is 1.05 bits per heavy atom. The lowest BCUT2D eigenvalue weighted by Gasteiger charge is -2.20.